The maximum absolute atomic E-state index is 13.6. The lowest BCUT2D eigenvalue weighted by atomic mass is 9.99. The van der Waals surface area contributed by atoms with E-state index < -0.39 is 11.6 Å². The van der Waals surface area contributed by atoms with E-state index in [1.807, 2.05) is 0 Å². The molecule has 0 heterocycles. The Morgan fingerprint density at radius 2 is 1.56 bits per heavy atom. The van der Waals surface area contributed by atoms with Crippen LogP contribution in [0, 0.1) is 18.6 Å². The summed E-state index contributed by atoms with van der Waals surface area (Å²) in [6.45, 7) is 1.79. The van der Waals surface area contributed by atoms with Gasteiger partial charge in [-0.15, -0.1) is 0 Å². The minimum Gasteiger partial charge on any atom is -0.398 e. The van der Waals surface area contributed by atoms with Gasteiger partial charge in [0.15, 0.2) is 11.6 Å². The third kappa shape index (κ3) is 1.65. The van der Waals surface area contributed by atoms with Gasteiger partial charge in [0.05, 0.1) is 0 Å². The van der Waals surface area contributed by atoms with Crippen LogP contribution in [0.3, 0.4) is 0 Å². The molecule has 0 saturated heterocycles. The number of halogens is 2. The summed E-state index contributed by atoms with van der Waals surface area (Å²) in [4.78, 5) is 0. The fourth-order valence-electron chi connectivity index (χ4n) is 1.66. The van der Waals surface area contributed by atoms with Crippen molar-refractivity contribution in [1.29, 1.82) is 0 Å². The SMILES string of the molecule is Cc1c(N)cccc1-c1cccc(F)c1F. The van der Waals surface area contributed by atoms with Gasteiger partial charge in [-0.2, -0.15) is 0 Å². The summed E-state index contributed by atoms with van der Waals surface area (Å²) in [6.07, 6.45) is 0. The zero-order valence-corrected chi connectivity index (χ0v) is 8.80. The van der Waals surface area contributed by atoms with E-state index in [4.69, 9.17) is 5.73 Å². The van der Waals surface area contributed by atoms with Crippen molar-refractivity contribution in [3.63, 3.8) is 0 Å². The molecule has 0 aromatic heterocycles. The predicted molar refractivity (Wildman–Crippen MR) is 60.9 cm³/mol. The molecule has 1 nitrogen and oxygen atoms in total. The average molecular weight is 219 g/mol. The van der Waals surface area contributed by atoms with Crippen LogP contribution >= 0.6 is 0 Å². The molecule has 16 heavy (non-hydrogen) atoms. The Bertz CT molecular complexity index is 486. The van der Waals surface area contributed by atoms with Crippen molar-refractivity contribution in [1.82, 2.24) is 0 Å². The standard InChI is InChI=1S/C13H11F2N/c1-8-9(4-3-7-12(8)16)10-5-2-6-11(14)13(10)15/h2-7H,16H2,1H3. The molecule has 3 heteroatoms. The second-order valence-corrected chi connectivity index (χ2v) is 3.62. The third-order valence-electron chi connectivity index (χ3n) is 2.62. The molecule has 0 spiro atoms. The third-order valence-corrected chi connectivity index (χ3v) is 2.62. The summed E-state index contributed by atoms with van der Waals surface area (Å²) in [7, 11) is 0. The number of rotatable bonds is 1. The van der Waals surface area contributed by atoms with Crippen molar-refractivity contribution in [3.05, 3.63) is 53.6 Å². The number of hydrogen-bond acceptors (Lipinski definition) is 1. The average Bonchev–Trinajstić information content (AvgIpc) is 2.27. The Kier molecular flexibility index (Phi) is 2.60. The zero-order valence-electron chi connectivity index (χ0n) is 8.80. The van der Waals surface area contributed by atoms with E-state index in [-0.39, 0.29) is 5.56 Å². The van der Waals surface area contributed by atoms with E-state index in [0.29, 0.717) is 11.3 Å². The van der Waals surface area contributed by atoms with Crippen LogP contribution in [-0.2, 0) is 0 Å². The quantitative estimate of drug-likeness (QED) is 0.729. The first-order valence-electron chi connectivity index (χ1n) is 4.90. The van der Waals surface area contributed by atoms with Crippen LogP contribution in [0.1, 0.15) is 5.56 Å². The summed E-state index contributed by atoms with van der Waals surface area (Å²) >= 11 is 0. The summed E-state index contributed by atoms with van der Waals surface area (Å²) in [5, 5.41) is 0. The molecule has 0 saturated carbocycles. The highest BCUT2D eigenvalue weighted by molar-refractivity contribution is 5.73. The van der Waals surface area contributed by atoms with Crippen molar-refractivity contribution in [3.8, 4) is 11.1 Å². The predicted octanol–water partition coefficient (Wildman–Crippen LogP) is 3.52. The first-order chi connectivity index (χ1) is 7.61. The molecule has 0 bridgehead atoms. The lowest BCUT2D eigenvalue weighted by Crippen LogP contribution is -1.95. The van der Waals surface area contributed by atoms with Gasteiger partial charge >= 0.3 is 0 Å². The van der Waals surface area contributed by atoms with E-state index in [0.717, 1.165) is 11.6 Å². The zero-order chi connectivity index (χ0) is 11.7. The summed E-state index contributed by atoms with van der Waals surface area (Å²) in [5.41, 5.74) is 7.92. The van der Waals surface area contributed by atoms with Crippen LogP contribution in [0.2, 0.25) is 0 Å². The molecular formula is C13H11F2N. The number of nitrogens with two attached hydrogens (primary N) is 1. The summed E-state index contributed by atoms with van der Waals surface area (Å²) in [5.74, 6) is -1.68. The maximum atomic E-state index is 13.6. The van der Waals surface area contributed by atoms with Crippen LogP contribution in [0.5, 0.6) is 0 Å². The van der Waals surface area contributed by atoms with Gasteiger partial charge in [0.25, 0.3) is 0 Å². The molecule has 0 aliphatic rings. The second kappa shape index (κ2) is 3.93. The minimum atomic E-state index is -0.848. The molecule has 0 aliphatic heterocycles. The van der Waals surface area contributed by atoms with Gasteiger partial charge in [-0.1, -0.05) is 24.3 Å². The molecule has 0 radical (unpaired) electrons. The molecule has 82 valence electrons. The lowest BCUT2D eigenvalue weighted by molar-refractivity contribution is 0.511. The van der Waals surface area contributed by atoms with Crippen molar-refractivity contribution in [2.24, 2.45) is 0 Å². The van der Waals surface area contributed by atoms with Crippen molar-refractivity contribution >= 4 is 5.69 Å². The number of hydrogen-bond donors (Lipinski definition) is 1. The number of nitrogen functional groups attached to an aromatic ring is 1. The topological polar surface area (TPSA) is 26.0 Å². The molecule has 0 fully saturated rings. The van der Waals surface area contributed by atoms with Crippen LogP contribution in [0.15, 0.2) is 36.4 Å². The molecule has 2 aromatic carbocycles. The van der Waals surface area contributed by atoms with Gasteiger partial charge in [-0.3, -0.25) is 0 Å². The lowest BCUT2D eigenvalue weighted by Gasteiger charge is -2.09. The van der Waals surface area contributed by atoms with Crippen molar-refractivity contribution in [2.75, 3.05) is 5.73 Å². The molecule has 0 atom stereocenters. The number of benzene rings is 2. The van der Waals surface area contributed by atoms with E-state index in [1.54, 1.807) is 31.2 Å². The maximum Gasteiger partial charge on any atom is 0.166 e. The minimum absolute atomic E-state index is 0.241. The first-order valence-corrected chi connectivity index (χ1v) is 4.90. The summed E-state index contributed by atoms with van der Waals surface area (Å²) < 4.78 is 26.7. The second-order valence-electron chi connectivity index (χ2n) is 3.62. The number of anilines is 1. The largest absolute Gasteiger partial charge is 0.398 e. The molecule has 2 aromatic rings. The highest BCUT2D eigenvalue weighted by atomic mass is 19.2. The Labute approximate surface area is 92.5 Å². The van der Waals surface area contributed by atoms with Gasteiger partial charge in [-0.25, -0.2) is 8.78 Å². The monoisotopic (exact) mass is 219 g/mol. The molecule has 0 amide bonds. The van der Waals surface area contributed by atoms with Gasteiger partial charge in [0.1, 0.15) is 0 Å². The Morgan fingerprint density at radius 1 is 0.938 bits per heavy atom. The Hall–Kier alpha value is -1.90. The van der Waals surface area contributed by atoms with Gasteiger partial charge in [0, 0.05) is 11.3 Å². The van der Waals surface area contributed by atoms with Crippen LogP contribution in [-0.4, -0.2) is 0 Å². The van der Waals surface area contributed by atoms with Crippen LogP contribution in [0.4, 0.5) is 14.5 Å². The van der Waals surface area contributed by atoms with E-state index in [1.165, 1.54) is 6.07 Å². The molecule has 2 N–H and O–H groups in total. The fourth-order valence-corrected chi connectivity index (χ4v) is 1.66. The van der Waals surface area contributed by atoms with E-state index >= 15 is 0 Å². The molecular weight excluding hydrogens is 208 g/mol. The molecule has 2 rings (SSSR count). The van der Waals surface area contributed by atoms with E-state index in [2.05, 4.69) is 0 Å². The first kappa shape index (κ1) is 10.6. The van der Waals surface area contributed by atoms with E-state index in [9.17, 15) is 8.78 Å². The summed E-state index contributed by atoms with van der Waals surface area (Å²) in [6, 6.07) is 9.30. The van der Waals surface area contributed by atoms with Gasteiger partial charge < -0.3 is 5.73 Å². The van der Waals surface area contributed by atoms with Crippen molar-refractivity contribution < 1.29 is 8.78 Å². The Morgan fingerprint density at radius 3 is 2.31 bits per heavy atom. The Balaban J connectivity index is 2.68. The molecule has 0 aliphatic carbocycles. The fraction of sp³-hybridized carbons (Fsp3) is 0.0769. The van der Waals surface area contributed by atoms with Gasteiger partial charge in [0.2, 0.25) is 0 Å². The van der Waals surface area contributed by atoms with Crippen LogP contribution < -0.4 is 5.73 Å². The normalized spacial score (nSPS) is 10.4. The highest BCUT2D eigenvalue weighted by Gasteiger charge is 2.12. The molecule has 0 unspecified atom stereocenters. The van der Waals surface area contributed by atoms with Crippen LogP contribution in [0.25, 0.3) is 11.1 Å². The van der Waals surface area contributed by atoms with Gasteiger partial charge in [-0.05, 0) is 30.2 Å². The smallest absolute Gasteiger partial charge is 0.166 e. The highest BCUT2D eigenvalue weighted by Crippen LogP contribution is 2.29. The van der Waals surface area contributed by atoms with Crippen molar-refractivity contribution in [2.45, 2.75) is 6.92 Å².